The van der Waals surface area contributed by atoms with Crippen molar-refractivity contribution in [2.45, 2.75) is 32.2 Å². The summed E-state index contributed by atoms with van der Waals surface area (Å²) >= 11 is 0. The van der Waals surface area contributed by atoms with Crippen LogP contribution >= 0.6 is 0 Å². The summed E-state index contributed by atoms with van der Waals surface area (Å²) in [6.07, 6.45) is -2.37. The molecule has 0 radical (unpaired) electrons. The minimum Gasteiger partial charge on any atom is -0.482 e. The normalized spacial score (nSPS) is 18.9. The Bertz CT molecular complexity index is 827. The molecular formula is C19H19FN2O5. The number of carbonyl (C=O) groups excluding carboxylic acids is 2. The third-order valence-electron chi connectivity index (χ3n) is 3.91. The van der Waals surface area contributed by atoms with Crippen molar-refractivity contribution < 1.29 is 28.2 Å². The highest BCUT2D eigenvalue weighted by molar-refractivity contribution is 5.87. The average Bonchev–Trinajstić information content (AvgIpc) is 2.67. The molecule has 0 bridgehead atoms. The first-order chi connectivity index (χ1) is 12.9. The van der Waals surface area contributed by atoms with E-state index in [1.165, 1.54) is 31.2 Å². The van der Waals surface area contributed by atoms with Gasteiger partial charge in [-0.25, -0.2) is 4.39 Å². The molecule has 0 saturated carbocycles. The van der Waals surface area contributed by atoms with Crippen LogP contribution in [0.5, 0.6) is 17.2 Å². The predicted molar refractivity (Wildman–Crippen MR) is 93.7 cm³/mol. The lowest BCUT2D eigenvalue weighted by Crippen LogP contribution is -2.55. The van der Waals surface area contributed by atoms with Crippen molar-refractivity contribution in [1.82, 2.24) is 10.9 Å². The third kappa shape index (κ3) is 4.46. The van der Waals surface area contributed by atoms with Crippen LogP contribution in [0.3, 0.4) is 0 Å². The number of hydrogen-bond donors (Lipinski definition) is 2. The fourth-order valence-electron chi connectivity index (χ4n) is 2.47. The summed E-state index contributed by atoms with van der Waals surface area (Å²) in [5.41, 5.74) is 4.59. The number of fused-ring (bicyclic) bond motifs is 1. The molecule has 2 N–H and O–H groups in total. The zero-order valence-corrected chi connectivity index (χ0v) is 14.8. The van der Waals surface area contributed by atoms with Crippen molar-refractivity contribution in [3.8, 4) is 17.2 Å². The highest BCUT2D eigenvalue weighted by Gasteiger charge is 2.34. The number of hydrazine groups is 1. The van der Waals surface area contributed by atoms with E-state index in [0.29, 0.717) is 17.2 Å². The number of halogens is 1. The number of benzene rings is 2. The van der Waals surface area contributed by atoms with Crippen molar-refractivity contribution >= 4 is 11.8 Å². The van der Waals surface area contributed by atoms with E-state index in [-0.39, 0.29) is 0 Å². The lowest BCUT2D eigenvalue weighted by Gasteiger charge is -2.31. The van der Waals surface area contributed by atoms with Gasteiger partial charge in [-0.15, -0.1) is 0 Å². The van der Waals surface area contributed by atoms with E-state index >= 15 is 0 Å². The highest BCUT2D eigenvalue weighted by atomic mass is 19.1. The molecule has 0 spiro atoms. The molecule has 3 atom stereocenters. The van der Waals surface area contributed by atoms with Crippen molar-refractivity contribution in [2.24, 2.45) is 0 Å². The van der Waals surface area contributed by atoms with Gasteiger partial charge in [-0.05, 0) is 50.2 Å². The minimum absolute atomic E-state index is 0.333. The zero-order chi connectivity index (χ0) is 19.4. The molecule has 3 rings (SSSR count). The predicted octanol–water partition coefficient (Wildman–Crippen LogP) is 1.97. The minimum atomic E-state index is -0.923. The Morgan fingerprint density at radius 3 is 2.33 bits per heavy atom. The molecule has 8 heteroatoms. The summed E-state index contributed by atoms with van der Waals surface area (Å²) in [4.78, 5) is 24.4. The van der Waals surface area contributed by atoms with Gasteiger partial charge in [0, 0.05) is 0 Å². The van der Waals surface area contributed by atoms with E-state index in [9.17, 15) is 14.0 Å². The van der Waals surface area contributed by atoms with Crippen LogP contribution in [-0.2, 0) is 9.59 Å². The van der Waals surface area contributed by atoms with Gasteiger partial charge in [0.1, 0.15) is 17.7 Å². The topological polar surface area (TPSA) is 85.9 Å². The molecule has 0 aliphatic carbocycles. The average molecular weight is 374 g/mol. The van der Waals surface area contributed by atoms with Gasteiger partial charge in [0.25, 0.3) is 11.8 Å². The highest BCUT2D eigenvalue weighted by Crippen LogP contribution is 2.33. The summed E-state index contributed by atoms with van der Waals surface area (Å²) in [5, 5.41) is 0. The van der Waals surface area contributed by atoms with E-state index in [0.717, 1.165) is 0 Å². The lowest BCUT2D eigenvalue weighted by molar-refractivity contribution is -0.139. The first-order valence-corrected chi connectivity index (χ1v) is 8.38. The van der Waals surface area contributed by atoms with Gasteiger partial charge in [0.05, 0.1) is 0 Å². The molecule has 0 aromatic heterocycles. The van der Waals surface area contributed by atoms with Crippen molar-refractivity contribution in [3.63, 3.8) is 0 Å². The molecule has 2 aromatic rings. The molecule has 27 heavy (non-hydrogen) atoms. The lowest BCUT2D eigenvalue weighted by atomic mass is 10.1. The number of ether oxygens (including phenoxy) is 3. The van der Waals surface area contributed by atoms with Gasteiger partial charge in [-0.1, -0.05) is 12.1 Å². The fraction of sp³-hybridized carbons (Fsp3) is 0.263. The summed E-state index contributed by atoms with van der Waals surface area (Å²) in [6, 6.07) is 12.3. The first-order valence-electron chi connectivity index (χ1n) is 8.38. The number of para-hydroxylation sites is 2. The van der Waals surface area contributed by atoms with Crippen LogP contribution in [0.4, 0.5) is 4.39 Å². The number of carbonyl (C=O) groups is 2. The van der Waals surface area contributed by atoms with Crippen LogP contribution in [0.15, 0.2) is 48.5 Å². The molecule has 2 aromatic carbocycles. The Kier molecular flexibility index (Phi) is 5.44. The number of nitrogens with one attached hydrogen (secondary N) is 2. The van der Waals surface area contributed by atoms with E-state index in [1.54, 1.807) is 31.2 Å². The summed E-state index contributed by atoms with van der Waals surface area (Å²) in [5.74, 6) is -0.192. The van der Waals surface area contributed by atoms with Crippen LogP contribution in [0, 0.1) is 5.82 Å². The van der Waals surface area contributed by atoms with Crippen LogP contribution in [0.1, 0.15) is 13.8 Å². The molecule has 1 heterocycles. The zero-order valence-electron chi connectivity index (χ0n) is 14.8. The molecule has 1 aliphatic rings. The van der Waals surface area contributed by atoms with Gasteiger partial charge in [0.15, 0.2) is 17.6 Å². The van der Waals surface area contributed by atoms with Gasteiger partial charge < -0.3 is 14.2 Å². The summed E-state index contributed by atoms with van der Waals surface area (Å²) in [6.45, 7) is 3.20. The Morgan fingerprint density at radius 1 is 1.04 bits per heavy atom. The largest absolute Gasteiger partial charge is 0.482 e. The number of hydrogen-bond acceptors (Lipinski definition) is 5. The Morgan fingerprint density at radius 2 is 1.67 bits per heavy atom. The molecule has 0 fully saturated rings. The van der Waals surface area contributed by atoms with E-state index in [4.69, 9.17) is 14.2 Å². The molecule has 0 saturated heterocycles. The Labute approximate surface area is 155 Å². The van der Waals surface area contributed by atoms with E-state index in [2.05, 4.69) is 10.9 Å². The van der Waals surface area contributed by atoms with Crippen LogP contribution in [-0.4, -0.2) is 30.1 Å². The second kappa shape index (κ2) is 7.94. The Balaban J connectivity index is 1.52. The van der Waals surface area contributed by atoms with Gasteiger partial charge in [-0.2, -0.15) is 0 Å². The van der Waals surface area contributed by atoms with Crippen molar-refractivity contribution in [1.29, 1.82) is 0 Å². The fourth-order valence-corrected chi connectivity index (χ4v) is 2.47. The molecule has 2 amide bonds. The first kappa shape index (κ1) is 18.5. The summed E-state index contributed by atoms with van der Waals surface area (Å²) in [7, 11) is 0. The van der Waals surface area contributed by atoms with Crippen LogP contribution in [0.2, 0.25) is 0 Å². The molecule has 1 aliphatic heterocycles. The maximum atomic E-state index is 12.9. The Hall–Kier alpha value is -3.29. The molecule has 7 nitrogen and oxygen atoms in total. The SMILES string of the molecule is CC(Oc1ccc(F)cc1)C(=O)NNC(=O)C1Oc2ccccc2OC1C. The third-order valence-corrected chi connectivity index (χ3v) is 3.91. The second-order valence-corrected chi connectivity index (χ2v) is 6.00. The van der Waals surface area contributed by atoms with Crippen LogP contribution < -0.4 is 25.1 Å². The standard InChI is InChI=1S/C19H19FN2O5/c1-11-17(27-16-6-4-3-5-15(16)26-11)19(24)22-21-18(23)12(2)25-14-9-7-13(20)8-10-14/h3-12,17H,1-2H3,(H,21,23)(H,22,24). The quantitative estimate of drug-likeness (QED) is 0.800. The van der Waals surface area contributed by atoms with E-state index < -0.39 is 35.9 Å². The monoisotopic (exact) mass is 374 g/mol. The number of rotatable bonds is 4. The van der Waals surface area contributed by atoms with E-state index in [1.807, 2.05) is 0 Å². The van der Waals surface area contributed by atoms with Gasteiger partial charge in [-0.3, -0.25) is 20.4 Å². The molecule has 3 unspecified atom stereocenters. The second-order valence-electron chi connectivity index (χ2n) is 6.00. The van der Waals surface area contributed by atoms with Gasteiger partial charge >= 0.3 is 0 Å². The van der Waals surface area contributed by atoms with Crippen LogP contribution in [0.25, 0.3) is 0 Å². The molecule has 142 valence electrons. The van der Waals surface area contributed by atoms with Crippen molar-refractivity contribution in [2.75, 3.05) is 0 Å². The van der Waals surface area contributed by atoms with Gasteiger partial charge in [0.2, 0.25) is 6.10 Å². The maximum absolute atomic E-state index is 12.9. The summed E-state index contributed by atoms with van der Waals surface area (Å²) < 4.78 is 29.6. The molecular weight excluding hydrogens is 355 g/mol. The maximum Gasteiger partial charge on any atom is 0.283 e. The smallest absolute Gasteiger partial charge is 0.283 e. The number of amides is 2. The van der Waals surface area contributed by atoms with Crippen molar-refractivity contribution in [3.05, 3.63) is 54.3 Å².